The number of nitrogens with one attached hydrogen (secondary N) is 2. The van der Waals surface area contributed by atoms with Gasteiger partial charge in [0.1, 0.15) is 5.01 Å². The molecule has 0 radical (unpaired) electrons. The van der Waals surface area contributed by atoms with E-state index < -0.39 is 0 Å². The van der Waals surface area contributed by atoms with Crippen molar-refractivity contribution in [3.63, 3.8) is 0 Å². The fourth-order valence-electron chi connectivity index (χ4n) is 2.97. The third kappa shape index (κ3) is 5.51. The summed E-state index contributed by atoms with van der Waals surface area (Å²) in [5, 5.41) is 15.4. The van der Waals surface area contributed by atoms with Crippen LogP contribution in [0.1, 0.15) is 53.3 Å². The number of hydrogen-bond acceptors (Lipinski definition) is 5. The zero-order valence-corrected chi connectivity index (χ0v) is 15.9. The molecule has 1 saturated carbocycles. The van der Waals surface area contributed by atoms with Crippen LogP contribution in [-0.2, 0) is 11.2 Å². The lowest BCUT2D eigenvalue weighted by atomic mass is 10.2. The van der Waals surface area contributed by atoms with Gasteiger partial charge in [-0.1, -0.05) is 41.8 Å². The quantitative estimate of drug-likeness (QED) is 0.750. The molecule has 1 aliphatic rings. The van der Waals surface area contributed by atoms with E-state index >= 15 is 0 Å². The van der Waals surface area contributed by atoms with Crippen LogP contribution >= 0.6 is 22.9 Å². The number of rotatable bonds is 7. The number of amides is 2. The van der Waals surface area contributed by atoms with Crippen LogP contribution in [0.15, 0.2) is 24.3 Å². The van der Waals surface area contributed by atoms with E-state index in [-0.39, 0.29) is 11.8 Å². The molecule has 138 valence electrons. The predicted octanol–water partition coefficient (Wildman–Crippen LogP) is 3.83. The van der Waals surface area contributed by atoms with Crippen molar-refractivity contribution in [1.82, 2.24) is 15.5 Å². The van der Waals surface area contributed by atoms with Gasteiger partial charge in [0.25, 0.3) is 5.91 Å². The monoisotopic (exact) mass is 392 g/mol. The van der Waals surface area contributed by atoms with Gasteiger partial charge in [-0.3, -0.25) is 9.59 Å². The van der Waals surface area contributed by atoms with E-state index in [0.717, 1.165) is 17.8 Å². The Kier molecular flexibility index (Phi) is 6.57. The van der Waals surface area contributed by atoms with Gasteiger partial charge in [0.15, 0.2) is 0 Å². The summed E-state index contributed by atoms with van der Waals surface area (Å²) in [6.45, 7) is 0. The van der Waals surface area contributed by atoms with Gasteiger partial charge in [-0.15, -0.1) is 10.2 Å². The standard InChI is InChI=1S/C18H21ClN4O2S/c19-12-5-3-8-14(11-12)21-17(25)18-23-22-16(26-18)10-4-9-15(24)20-13-6-1-2-7-13/h3,5,8,11,13H,1-2,4,6-7,9-10H2,(H,20,24)(H,21,25). The van der Waals surface area contributed by atoms with Gasteiger partial charge in [-0.25, -0.2) is 0 Å². The van der Waals surface area contributed by atoms with E-state index in [1.165, 1.54) is 24.2 Å². The van der Waals surface area contributed by atoms with Gasteiger partial charge >= 0.3 is 0 Å². The first-order valence-electron chi connectivity index (χ1n) is 8.79. The first kappa shape index (κ1) is 18.8. The fraction of sp³-hybridized carbons (Fsp3) is 0.444. The highest BCUT2D eigenvalue weighted by molar-refractivity contribution is 7.13. The molecule has 3 rings (SSSR count). The SMILES string of the molecule is O=C(CCCc1nnc(C(=O)Nc2cccc(Cl)c2)s1)NC1CCCC1. The molecule has 0 bridgehead atoms. The lowest BCUT2D eigenvalue weighted by Gasteiger charge is -2.11. The normalized spacial score (nSPS) is 14.3. The van der Waals surface area contributed by atoms with Crippen LogP contribution in [0.25, 0.3) is 0 Å². The van der Waals surface area contributed by atoms with Gasteiger partial charge in [0.2, 0.25) is 10.9 Å². The molecule has 2 amide bonds. The third-order valence-electron chi connectivity index (χ3n) is 4.26. The zero-order chi connectivity index (χ0) is 18.4. The second kappa shape index (κ2) is 9.09. The maximum Gasteiger partial charge on any atom is 0.286 e. The number of hydrogen-bond donors (Lipinski definition) is 2. The third-order valence-corrected chi connectivity index (χ3v) is 5.48. The van der Waals surface area contributed by atoms with E-state index in [0.29, 0.717) is 41.0 Å². The van der Waals surface area contributed by atoms with E-state index in [1.54, 1.807) is 24.3 Å². The minimum atomic E-state index is -0.310. The highest BCUT2D eigenvalue weighted by Gasteiger charge is 2.17. The van der Waals surface area contributed by atoms with Crippen molar-refractivity contribution in [2.45, 2.75) is 51.0 Å². The number of carbonyl (C=O) groups excluding carboxylic acids is 2. The molecular weight excluding hydrogens is 372 g/mol. The number of carbonyl (C=O) groups is 2. The molecule has 1 aromatic carbocycles. The molecule has 0 unspecified atom stereocenters. The molecule has 1 aromatic heterocycles. The first-order chi connectivity index (χ1) is 12.6. The van der Waals surface area contributed by atoms with Crippen molar-refractivity contribution in [2.75, 3.05) is 5.32 Å². The molecule has 1 heterocycles. The van der Waals surface area contributed by atoms with Crippen LogP contribution in [0, 0.1) is 0 Å². The summed E-state index contributed by atoms with van der Waals surface area (Å²) in [5.74, 6) is -0.213. The largest absolute Gasteiger partial charge is 0.353 e. The van der Waals surface area contributed by atoms with Gasteiger partial charge < -0.3 is 10.6 Å². The van der Waals surface area contributed by atoms with Crippen molar-refractivity contribution in [3.05, 3.63) is 39.3 Å². The minimum absolute atomic E-state index is 0.0975. The second-order valence-corrected chi connectivity index (χ2v) is 7.87. The smallest absolute Gasteiger partial charge is 0.286 e. The molecule has 0 spiro atoms. The molecule has 6 nitrogen and oxygen atoms in total. The van der Waals surface area contributed by atoms with Gasteiger partial charge in [0, 0.05) is 29.6 Å². The van der Waals surface area contributed by atoms with Gasteiger partial charge in [0.05, 0.1) is 0 Å². The Balaban J connectivity index is 1.43. The molecule has 8 heteroatoms. The fourth-order valence-corrected chi connectivity index (χ4v) is 3.93. The summed E-state index contributed by atoms with van der Waals surface area (Å²) in [4.78, 5) is 24.1. The Morgan fingerprint density at radius 3 is 2.81 bits per heavy atom. The highest BCUT2D eigenvalue weighted by atomic mass is 35.5. The average molecular weight is 393 g/mol. The van der Waals surface area contributed by atoms with Crippen molar-refractivity contribution in [3.8, 4) is 0 Å². The lowest BCUT2D eigenvalue weighted by molar-refractivity contribution is -0.121. The van der Waals surface area contributed by atoms with Crippen LogP contribution in [-0.4, -0.2) is 28.1 Å². The highest BCUT2D eigenvalue weighted by Crippen LogP contribution is 2.19. The van der Waals surface area contributed by atoms with Gasteiger partial charge in [-0.05, 0) is 37.5 Å². The molecule has 0 atom stereocenters. The number of anilines is 1. The molecule has 2 aromatic rings. The Hall–Kier alpha value is -1.99. The molecule has 26 heavy (non-hydrogen) atoms. The number of aromatic nitrogens is 2. The molecule has 0 aliphatic heterocycles. The van der Waals surface area contributed by atoms with Crippen molar-refractivity contribution in [2.24, 2.45) is 0 Å². The Labute approximate surface area is 161 Å². The number of nitrogens with zero attached hydrogens (tertiary/aromatic N) is 2. The lowest BCUT2D eigenvalue weighted by Crippen LogP contribution is -2.32. The number of halogens is 1. The van der Waals surface area contributed by atoms with Crippen LogP contribution in [0.2, 0.25) is 5.02 Å². The van der Waals surface area contributed by atoms with E-state index in [4.69, 9.17) is 11.6 Å². The molecule has 1 fully saturated rings. The van der Waals surface area contributed by atoms with E-state index in [2.05, 4.69) is 20.8 Å². The van der Waals surface area contributed by atoms with E-state index in [1.807, 2.05) is 0 Å². The van der Waals surface area contributed by atoms with Crippen molar-refractivity contribution >= 4 is 40.4 Å². The Morgan fingerprint density at radius 1 is 1.23 bits per heavy atom. The van der Waals surface area contributed by atoms with Crippen LogP contribution in [0.4, 0.5) is 5.69 Å². The zero-order valence-electron chi connectivity index (χ0n) is 14.3. The molecule has 1 aliphatic carbocycles. The minimum Gasteiger partial charge on any atom is -0.353 e. The maximum atomic E-state index is 12.2. The Bertz CT molecular complexity index is 774. The molecular formula is C18H21ClN4O2S. The van der Waals surface area contributed by atoms with Crippen LogP contribution in [0.5, 0.6) is 0 Å². The summed E-state index contributed by atoms with van der Waals surface area (Å²) >= 11 is 7.16. The van der Waals surface area contributed by atoms with E-state index in [9.17, 15) is 9.59 Å². The second-order valence-electron chi connectivity index (χ2n) is 6.37. The first-order valence-corrected chi connectivity index (χ1v) is 9.98. The number of benzene rings is 1. The van der Waals surface area contributed by atoms with Crippen molar-refractivity contribution in [1.29, 1.82) is 0 Å². The summed E-state index contributed by atoms with van der Waals surface area (Å²) in [7, 11) is 0. The summed E-state index contributed by atoms with van der Waals surface area (Å²) in [6.07, 6.45) is 6.40. The van der Waals surface area contributed by atoms with Crippen LogP contribution < -0.4 is 10.6 Å². The van der Waals surface area contributed by atoms with Crippen molar-refractivity contribution < 1.29 is 9.59 Å². The molecule has 0 saturated heterocycles. The maximum absolute atomic E-state index is 12.2. The number of aryl methyl sites for hydroxylation is 1. The van der Waals surface area contributed by atoms with Gasteiger partial charge in [-0.2, -0.15) is 0 Å². The Morgan fingerprint density at radius 2 is 2.04 bits per heavy atom. The van der Waals surface area contributed by atoms with Crippen LogP contribution in [0.3, 0.4) is 0 Å². The molecule has 2 N–H and O–H groups in total. The predicted molar refractivity (Wildman–Crippen MR) is 103 cm³/mol. The average Bonchev–Trinajstić information content (AvgIpc) is 3.27. The topological polar surface area (TPSA) is 84.0 Å². The summed E-state index contributed by atoms with van der Waals surface area (Å²) < 4.78 is 0. The summed E-state index contributed by atoms with van der Waals surface area (Å²) in [5.41, 5.74) is 0.614. The summed E-state index contributed by atoms with van der Waals surface area (Å²) in [6, 6.07) is 7.29.